The van der Waals surface area contributed by atoms with Crippen LogP contribution in [0, 0.1) is 4.91 Å². The fourth-order valence-electron chi connectivity index (χ4n) is 0.149. The van der Waals surface area contributed by atoms with E-state index >= 15 is 0 Å². The van der Waals surface area contributed by atoms with E-state index in [-0.39, 0.29) is 11.7 Å². The standard InChI is InChI=1S/C3H6N2O2/c1-2-3-5(7)4-6/h2,7H,1,3H2. The molecule has 0 unspecified atom stereocenters. The molecule has 4 nitrogen and oxygen atoms in total. The first kappa shape index (κ1) is 6.10. The van der Waals surface area contributed by atoms with Gasteiger partial charge in [-0.2, -0.15) is 0 Å². The highest BCUT2D eigenvalue weighted by molar-refractivity contribution is 4.66. The summed E-state index contributed by atoms with van der Waals surface area (Å²) >= 11 is 0. The number of rotatable bonds is 3. The van der Waals surface area contributed by atoms with Crippen molar-refractivity contribution < 1.29 is 5.21 Å². The molecule has 0 aromatic heterocycles. The molecule has 40 valence electrons. The van der Waals surface area contributed by atoms with Gasteiger partial charge in [-0.25, -0.2) is 0 Å². The van der Waals surface area contributed by atoms with Crippen molar-refractivity contribution >= 4 is 0 Å². The van der Waals surface area contributed by atoms with Crippen LogP contribution in [-0.4, -0.2) is 16.9 Å². The lowest BCUT2D eigenvalue weighted by molar-refractivity contribution is -0.0807. The highest BCUT2D eigenvalue weighted by Gasteiger charge is 1.86. The Balaban J connectivity index is 3.15. The van der Waals surface area contributed by atoms with Crippen molar-refractivity contribution in [2.45, 2.75) is 0 Å². The molecule has 0 aliphatic rings. The van der Waals surface area contributed by atoms with E-state index in [1.165, 1.54) is 6.08 Å². The van der Waals surface area contributed by atoms with Crippen LogP contribution in [0.3, 0.4) is 0 Å². The molecule has 0 amide bonds. The van der Waals surface area contributed by atoms with Gasteiger partial charge in [-0.3, -0.25) is 5.21 Å². The van der Waals surface area contributed by atoms with E-state index in [0.29, 0.717) is 0 Å². The Hall–Kier alpha value is -0.900. The van der Waals surface area contributed by atoms with E-state index in [1.54, 1.807) is 0 Å². The Kier molecular flexibility index (Phi) is 2.87. The second kappa shape index (κ2) is 3.30. The summed E-state index contributed by atoms with van der Waals surface area (Å²) in [5, 5.41) is 10.5. The largest absolute Gasteiger partial charge is 0.269 e. The van der Waals surface area contributed by atoms with Gasteiger partial charge in [-0.1, -0.05) is 6.08 Å². The zero-order valence-electron chi connectivity index (χ0n) is 3.74. The van der Waals surface area contributed by atoms with Crippen molar-refractivity contribution in [3.8, 4) is 0 Å². The van der Waals surface area contributed by atoms with Crippen LogP contribution >= 0.6 is 0 Å². The number of nitroso groups, excluding NO2 is 1. The minimum Gasteiger partial charge on any atom is -0.269 e. The molecule has 0 radical (unpaired) electrons. The third kappa shape index (κ3) is 2.92. The van der Waals surface area contributed by atoms with Crippen LogP contribution in [0.5, 0.6) is 0 Å². The minimum atomic E-state index is 0.0729. The summed E-state index contributed by atoms with van der Waals surface area (Å²) in [6.07, 6.45) is 1.36. The predicted molar refractivity (Wildman–Crippen MR) is 24.5 cm³/mol. The molecule has 0 fully saturated rings. The number of hydrogen-bond donors (Lipinski definition) is 1. The third-order valence-corrected chi connectivity index (χ3v) is 0.387. The Bertz CT molecular complexity index is 73.3. The molecule has 1 N–H and O–H groups in total. The van der Waals surface area contributed by atoms with Crippen LogP contribution in [0.15, 0.2) is 17.9 Å². The van der Waals surface area contributed by atoms with E-state index in [4.69, 9.17) is 5.21 Å². The van der Waals surface area contributed by atoms with E-state index in [9.17, 15) is 4.91 Å². The average molecular weight is 102 g/mol. The number of hydroxylamine groups is 1. The molecule has 0 aliphatic carbocycles. The van der Waals surface area contributed by atoms with Crippen LogP contribution in [-0.2, 0) is 0 Å². The van der Waals surface area contributed by atoms with Crippen molar-refractivity contribution in [3.63, 3.8) is 0 Å². The summed E-state index contributed by atoms with van der Waals surface area (Å²) in [5.74, 6) is 0. The van der Waals surface area contributed by atoms with Gasteiger partial charge < -0.3 is 0 Å². The average Bonchev–Trinajstić information content (AvgIpc) is 1.68. The summed E-state index contributed by atoms with van der Waals surface area (Å²) in [6, 6.07) is 0. The molecule has 4 heteroatoms. The maximum absolute atomic E-state index is 9.27. The molecule has 0 spiro atoms. The van der Waals surface area contributed by atoms with Crippen molar-refractivity contribution in [1.29, 1.82) is 0 Å². The first-order valence-electron chi connectivity index (χ1n) is 1.72. The number of nitrogens with zero attached hydrogens (tertiary/aromatic N) is 2. The topological polar surface area (TPSA) is 52.9 Å². The maximum Gasteiger partial charge on any atom is 0.0857 e. The van der Waals surface area contributed by atoms with Gasteiger partial charge in [0.25, 0.3) is 0 Å². The normalized spacial score (nSPS) is 7.57. The Morgan fingerprint density at radius 2 is 2.57 bits per heavy atom. The smallest absolute Gasteiger partial charge is 0.0857 e. The SMILES string of the molecule is C=CCN(O)N=O. The lowest BCUT2D eigenvalue weighted by atomic mass is 10.7. The van der Waals surface area contributed by atoms with E-state index < -0.39 is 0 Å². The van der Waals surface area contributed by atoms with Crippen LogP contribution in [0.25, 0.3) is 0 Å². The highest BCUT2D eigenvalue weighted by atomic mass is 16.6. The predicted octanol–water partition coefficient (Wildman–Crippen LogP) is 0.545. The maximum atomic E-state index is 9.27. The van der Waals surface area contributed by atoms with Crippen LogP contribution < -0.4 is 0 Å². The Morgan fingerprint density at radius 3 is 2.71 bits per heavy atom. The van der Waals surface area contributed by atoms with Crippen LogP contribution in [0.1, 0.15) is 0 Å². The second-order valence-electron chi connectivity index (χ2n) is 0.925. The van der Waals surface area contributed by atoms with Gasteiger partial charge in [-0.15, -0.1) is 16.7 Å². The molecule has 0 saturated heterocycles. The third-order valence-electron chi connectivity index (χ3n) is 0.387. The first-order chi connectivity index (χ1) is 3.31. The lowest BCUT2D eigenvalue weighted by Crippen LogP contribution is -2.09. The van der Waals surface area contributed by atoms with Gasteiger partial charge in [-0.05, 0) is 0 Å². The van der Waals surface area contributed by atoms with Crippen LogP contribution in [0.2, 0.25) is 0 Å². The van der Waals surface area contributed by atoms with E-state index in [2.05, 4.69) is 11.9 Å². The first-order valence-corrected chi connectivity index (χ1v) is 1.72. The minimum absolute atomic E-state index is 0.0729. The zero-order chi connectivity index (χ0) is 5.70. The molecule has 0 bridgehead atoms. The van der Waals surface area contributed by atoms with Crippen molar-refractivity contribution in [1.82, 2.24) is 5.17 Å². The monoisotopic (exact) mass is 102 g/mol. The Labute approximate surface area is 41.0 Å². The second-order valence-corrected chi connectivity index (χ2v) is 0.925. The molecule has 7 heavy (non-hydrogen) atoms. The van der Waals surface area contributed by atoms with Gasteiger partial charge in [0.2, 0.25) is 0 Å². The molecule has 0 aromatic carbocycles. The fraction of sp³-hybridized carbons (Fsp3) is 0.333. The van der Waals surface area contributed by atoms with Gasteiger partial charge >= 0.3 is 0 Å². The summed E-state index contributed by atoms with van der Waals surface area (Å²) in [6.45, 7) is 3.32. The molecule has 0 rings (SSSR count). The molecular formula is C3H6N2O2. The van der Waals surface area contributed by atoms with E-state index in [1.807, 2.05) is 0 Å². The zero-order valence-corrected chi connectivity index (χ0v) is 3.74. The van der Waals surface area contributed by atoms with E-state index in [0.717, 1.165) is 0 Å². The summed E-state index contributed by atoms with van der Waals surface area (Å²) in [7, 11) is 0. The molecule has 0 aromatic rings. The van der Waals surface area contributed by atoms with Crippen molar-refractivity contribution in [3.05, 3.63) is 17.6 Å². The molecule has 0 heterocycles. The summed E-state index contributed by atoms with van der Waals surface area (Å²) in [4.78, 5) is 9.27. The number of hydrogen-bond acceptors (Lipinski definition) is 3. The van der Waals surface area contributed by atoms with Gasteiger partial charge in [0, 0.05) is 0 Å². The van der Waals surface area contributed by atoms with Crippen molar-refractivity contribution in [2.24, 2.45) is 5.29 Å². The van der Waals surface area contributed by atoms with Gasteiger partial charge in [0.05, 0.1) is 11.8 Å². The Morgan fingerprint density at radius 1 is 2.00 bits per heavy atom. The highest BCUT2D eigenvalue weighted by Crippen LogP contribution is 1.77. The fourth-order valence-corrected chi connectivity index (χ4v) is 0.149. The molecular weight excluding hydrogens is 96.0 g/mol. The molecule has 0 atom stereocenters. The van der Waals surface area contributed by atoms with Crippen molar-refractivity contribution in [2.75, 3.05) is 6.54 Å². The van der Waals surface area contributed by atoms with Gasteiger partial charge in [0.15, 0.2) is 0 Å². The summed E-state index contributed by atoms with van der Waals surface area (Å²) in [5.41, 5.74) is 0. The lowest BCUT2D eigenvalue weighted by Gasteiger charge is -1.97. The molecule has 0 aliphatic heterocycles. The quantitative estimate of drug-likeness (QED) is 0.321. The molecule has 0 saturated carbocycles. The summed E-state index contributed by atoms with van der Waals surface area (Å²) < 4.78 is 0. The van der Waals surface area contributed by atoms with Gasteiger partial charge in [0.1, 0.15) is 0 Å². The van der Waals surface area contributed by atoms with Crippen LogP contribution in [0.4, 0.5) is 0 Å².